The van der Waals surface area contributed by atoms with E-state index in [1.807, 2.05) is 31.2 Å². The van der Waals surface area contributed by atoms with Gasteiger partial charge in [-0.3, -0.25) is 9.59 Å². The van der Waals surface area contributed by atoms with Crippen LogP contribution < -0.4 is 10.5 Å². The topological polar surface area (TPSA) is 92.4 Å². The lowest BCUT2D eigenvalue weighted by Gasteiger charge is -2.22. The Morgan fingerprint density at radius 2 is 2.07 bits per heavy atom. The van der Waals surface area contributed by atoms with Crippen LogP contribution in [-0.4, -0.2) is 34.5 Å². The van der Waals surface area contributed by atoms with E-state index in [4.69, 9.17) is 4.74 Å². The van der Waals surface area contributed by atoms with Gasteiger partial charge in [-0.2, -0.15) is 0 Å². The number of esters is 1. The molecule has 1 aliphatic heterocycles. The van der Waals surface area contributed by atoms with Gasteiger partial charge in [0.15, 0.2) is 6.61 Å². The number of aryl methyl sites for hydroxylation is 2. The minimum absolute atomic E-state index is 0.0143. The molecule has 1 aromatic carbocycles. The fourth-order valence-electron chi connectivity index (χ4n) is 3.65. The summed E-state index contributed by atoms with van der Waals surface area (Å²) in [6, 6.07) is 7.74. The molecule has 0 saturated heterocycles. The lowest BCUT2D eigenvalue weighted by molar-refractivity contribution is -0.122. The fraction of sp³-hybridized carbons (Fsp3) is 0.300. The second-order valence-corrected chi connectivity index (χ2v) is 7.91. The lowest BCUT2D eigenvalue weighted by Crippen LogP contribution is -2.38. The maximum atomic E-state index is 12.7. The Kier molecular flexibility index (Phi) is 4.50. The van der Waals surface area contributed by atoms with Crippen molar-refractivity contribution in [1.82, 2.24) is 9.97 Å². The zero-order chi connectivity index (χ0) is 20.0. The van der Waals surface area contributed by atoms with Gasteiger partial charge in [-0.1, -0.05) is 18.2 Å². The molecule has 3 aromatic rings. The largest absolute Gasteiger partial charge is 0.451 e. The molecule has 0 radical (unpaired) electrons. The highest BCUT2D eigenvalue weighted by Crippen LogP contribution is 2.32. The molecule has 1 amide bonds. The van der Waals surface area contributed by atoms with Crippen LogP contribution in [0, 0.1) is 13.8 Å². The first-order valence-corrected chi connectivity index (χ1v) is 9.75. The first-order chi connectivity index (χ1) is 13.4. The van der Waals surface area contributed by atoms with Crippen molar-refractivity contribution in [3.8, 4) is 0 Å². The molecule has 3 heterocycles. The summed E-state index contributed by atoms with van der Waals surface area (Å²) >= 11 is 1.10. The van der Waals surface area contributed by atoms with E-state index in [0.717, 1.165) is 29.0 Å². The highest BCUT2D eigenvalue weighted by atomic mass is 32.1. The number of fused-ring (bicyclic) bond motifs is 2. The summed E-state index contributed by atoms with van der Waals surface area (Å²) in [5, 5.41) is 0.385. The van der Waals surface area contributed by atoms with Gasteiger partial charge in [-0.25, -0.2) is 9.78 Å². The zero-order valence-electron chi connectivity index (χ0n) is 15.7. The summed E-state index contributed by atoms with van der Waals surface area (Å²) in [5.74, 6) is -0.405. The Balaban J connectivity index is 1.53. The third-order valence-electron chi connectivity index (χ3n) is 4.91. The maximum absolute atomic E-state index is 12.7. The van der Waals surface area contributed by atoms with Crippen LogP contribution in [0.5, 0.6) is 0 Å². The van der Waals surface area contributed by atoms with Gasteiger partial charge < -0.3 is 14.6 Å². The molecule has 1 N–H and O–H groups in total. The third kappa shape index (κ3) is 2.99. The number of benzene rings is 1. The minimum atomic E-state index is -0.619. The van der Waals surface area contributed by atoms with E-state index in [1.165, 1.54) is 0 Å². The number of aromatic amines is 1. The Hall–Kier alpha value is -3.00. The summed E-state index contributed by atoms with van der Waals surface area (Å²) in [5.41, 5.74) is 2.20. The van der Waals surface area contributed by atoms with E-state index in [1.54, 1.807) is 18.7 Å². The molecular weight excluding hydrogens is 378 g/mol. The number of thiophene rings is 1. The molecule has 1 aliphatic rings. The average Bonchev–Trinajstić information content (AvgIpc) is 3.15. The predicted octanol–water partition coefficient (Wildman–Crippen LogP) is 2.74. The van der Waals surface area contributed by atoms with Crippen LogP contribution in [0.1, 0.15) is 33.5 Å². The van der Waals surface area contributed by atoms with Crippen LogP contribution >= 0.6 is 11.3 Å². The number of nitrogens with zero attached hydrogens (tertiary/aromatic N) is 2. The Labute approximate surface area is 165 Å². The average molecular weight is 397 g/mol. The molecule has 0 aliphatic carbocycles. The van der Waals surface area contributed by atoms with Crippen LogP contribution in [0.15, 0.2) is 29.1 Å². The third-order valence-corrected chi connectivity index (χ3v) is 6.07. The summed E-state index contributed by atoms with van der Waals surface area (Å²) in [6.07, 6.45) is 0.777. The van der Waals surface area contributed by atoms with Crippen molar-refractivity contribution in [2.75, 3.05) is 11.5 Å². The standard InChI is InChI=1S/C20H19N3O4S/c1-10-8-13-6-4-5-7-14(13)23(10)15(24)9-27-20(26)17-11(2)16-18(25)21-12(3)22-19(16)28-17/h4-7,10H,8-9H2,1-3H3,(H,21,22,25)/t10-/m1/s1. The molecule has 1 atom stereocenters. The van der Waals surface area contributed by atoms with Crippen molar-refractivity contribution in [2.45, 2.75) is 33.2 Å². The summed E-state index contributed by atoms with van der Waals surface area (Å²) < 4.78 is 5.29. The van der Waals surface area contributed by atoms with Gasteiger partial charge in [0.25, 0.3) is 11.5 Å². The quantitative estimate of drug-likeness (QED) is 0.686. The number of para-hydroxylation sites is 1. The Morgan fingerprint density at radius 3 is 2.86 bits per heavy atom. The van der Waals surface area contributed by atoms with Gasteiger partial charge >= 0.3 is 5.97 Å². The van der Waals surface area contributed by atoms with Crippen molar-refractivity contribution in [3.05, 3.63) is 56.4 Å². The molecule has 28 heavy (non-hydrogen) atoms. The summed E-state index contributed by atoms with van der Waals surface area (Å²) in [7, 11) is 0. The van der Waals surface area contributed by atoms with E-state index in [2.05, 4.69) is 9.97 Å². The molecule has 144 valence electrons. The van der Waals surface area contributed by atoms with Gasteiger partial charge in [0.1, 0.15) is 15.5 Å². The van der Waals surface area contributed by atoms with E-state index >= 15 is 0 Å². The molecular formula is C20H19N3O4S. The van der Waals surface area contributed by atoms with E-state index in [9.17, 15) is 14.4 Å². The molecule has 4 rings (SSSR count). The molecule has 0 unspecified atom stereocenters. The highest BCUT2D eigenvalue weighted by Gasteiger charge is 2.31. The second-order valence-electron chi connectivity index (χ2n) is 6.91. The first-order valence-electron chi connectivity index (χ1n) is 8.94. The van der Waals surface area contributed by atoms with Crippen LogP contribution in [0.25, 0.3) is 10.2 Å². The molecule has 0 spiro atoms. The number of amides is 1. The van der Waals surface area contributed by atoms with Gasteiger partial charge in [0.05, 0.1) is 5.39 Å². The smallest absolute Gasteiger partial charge is 0.349 e. The number of carbonyl (C=O) groups excluding carboxylic acids is 2. The van der Waals surface area contributed by atoms with E-state index < -0.39 is 5.97 Å². The molecule has 0 bridgehead atoms. The Bertz CT molecular complexity index is 1160. The van der Waals surface area contributed by atoms with E-state index in [0.29, 0.717) is 26.5 Å². The number of H-pyrrole nitrogens is 1. The summed E-state index contributed by atoms with van der Waals surface area (Å²) in [6.45, 7) is 4.98. The number of aromatic nitrogens is 2. The molecule has 8 heteroatoms. The predicted molar refractivity (Wildman–Crippen MR) is 107 cm³/mol. The summed E-state index contributed by atoms with van der Waals surface area (Å²) in [4.78, 5) is 46.8. The maximum Gasteiger partial charge on any atom is 0.349 e. The number of hydrogen-bond donors (Lipinski definition) is 1. The molecule has 0 fully saturated rings. The molecule has 7 nitrogen and oxygen atoms in total. The first kappa shape index (κ1) is 18.4. The number of ether oxygens (including phenoxy) is 1. The highest BCUT2D eigenvalue weighted by molar-refractivity contribution is 7.20. The van der Waals surface area contributed by atoms with E-state index in [-0.39, 0.29) is 24.1 Å². The van der Waals surface area contributed by atoms with Crippen LogP contribution in [0.4, 0.5) is 5.69 Å². The zero-order valence-corrected chi connectivity index (χ0v) is 16.6. The van der Waals surface area contributed by atoms with Crippen molar-refractivity contribution in [3.63, 3.8) is 0 Å². The number of hydrogen-bond acceptors (Lipinski definition) is 6. The number of nitrogens with one attached hydrogen (secondary N) is 1. The van der Waals surface area contributed by atoms with Crippen LogP contribution in [0.2, 0.25) is 0 Å². The Morgan fingerprint density at radius 1 is 1.32 bits per heavy atom. The van der Waals surface area contributed by atoms with Gasteiger partial charge in [-0.15, -0.1) is 11.3 Å². The molecule has 0 saturated carbocycles. The van der Waals surface area contributed by atoms with Crippen molar-refractivity contribution >= 4 is 39.1 Å². The van der Waals surface area contributed by atoms with Crippen molar-refractivity contribution < 1.29 is 14.3 Å². The van der Waals surface area contributed by atoms with Gasteiger partial charge in [0.2, 0.25) is 0 Å². The van der Waals surface area contributed by atoms with Crippen molar-refractivity contribution in [2.24, 2.45) is 0 Å². The van der Waals surface area contributed by atoms with Crippen LogP contribution in [0.3, 0.4) is 0 Å². The SMILES string of the molecule is Cc1nc2sc(C(=O)OCC(=O)N3c4ccccc4C[C@H]3C)c(C)c2c(=O)[nH]1. The normalized spacial score (nSPS) is 15.7. The number of rotatable bonds is 3. The minimum Gasteiger partial charge on any atom is -0.451 e. The second kappa shape index (κ2) is 6.87. The van der Waals surface area contributed by atoms with Gasteiger partial charge in [-0.05, 0) is 44.4 Å². The fourth-order valence-corrected chi connectivity index (χ4v) is 4.78. The van der Waals surface area contributed by atoms with Gasteiger partial charge in [0, 0.05) is 11.7 Å². The monoisotopic (exact) mass is 397 g/mol. The lowest BCUT2D eigenvalue weighted by atomic mass is 10.1. The van der Waals surface area contributed by atoms with Crippen LogP contribution in [-0.2, 0) is 16.0 Å². The molecule has 2 aromatic heterocycles. The number of anilines is 1. The van der Waals surface area contributed by atoms with Crippen molar-refractivity contribution in [1.29, 1.82) is 0 Å². The number of carbonyl (C=O) groups is 2.